The molecule has 0 aliphatic carbocycles. The van der Waals surface area contributed by atoms with Crippen molar-refractivity contribution in [2.45, 2.75) is 26.4 Å². The molecule has 0 radical (unpaired) electrons. The highest BCUT2D eigenvalue weighted by Crippen LogP contribution is 2.26. The molecule has 2 N–H and O–H groups in total. The Morgan fingerprint density at radius 2 is 1.85 bits per heavy atom. The molecule has 1 aliphatic heterocycles. The molecule has 144 valence electrons. The summed E-state index contributed by atoms with van der Waals surface area (Å²) in [6.07, 6.45) is 3.86. The number of piperidine rings is 1. The first-order valence-electron chi connectivity index (χ1n) is 9.22. The van der Waals surface area contributed by atoms with Crippen LogP contribution in [0.1, 0.15) is 24.0 Å². The molecule has 2 aromatic rings. The Bertz CT molecular complexity index is 774. The summed E-state index contributed by atoms with van der Waals surface area (Å²) in [6, 6.07) is 13.7. The minimum absolute atomic E-state index is 0.434. The van der Waals surface area contributed by atoms with E-state index in [0.717, 1.165) is 48.6 Å². The third-order valence-corrected chi connectivity index (χ3v) is 5.11. The molecular weight excluding hydrogens is 362 g/mol. The van der Waals surface area contributed by atoms with Crippen LogP contribution < -0.4 is 15.3 Å². The van der Waals surface area contributed by atoms with Crippen molar-refractivity contribution in [1.29, 1.82) is 0 Å². The van der Waals surface area contributed by atoms with E-state index in [1.807, 2.05) is 49.4 Å². The lowest BCUT2D eigenvalue weighted by Gasteiger charge is -2.30. The van der Waals surface area contributed by atoms with Crippen LogP contribution in [0.15, 0.2) is 47.6 Å². The second-order valence-electron chi connectivity index (χ2n) is 6.92. The third-order valence-electron chi connectivity index (χ3n) is 4.74. The highest BCUT2D eigenvalue weighted by molar-refractivity contribution is 6.31. The van der Waals surface area contributed by atoms with E-state index in [9.17, 15) is 0 Å². The predicted molar refractivity (Wildman–Crippen MR) is 109 cm³/mol. The zero-order chi connectivity index (χ0) is 19.1. The second kappa shape index (κ2) is 9.51. The molecule has 0 atom stereocenters. The van der Waals surface area contributed by atoms with Gasteiger partial charge in [0.1, 0.15) is 24.4 Å². The van der Waals surface area contributed by atoms with Crippen LogP contribution in [-0.2, 0) is 6.61 Å². The van der Waals surface area contributed by atoms with E-state index in [1.54, 1.807) is 6.34 Å². The summed E-state index contributed by atoms with van der Waals surface area (Å²) in [5, 5.41) is 4.31. The molecule has 27 heavy (non-hydrogen) atoms. The average molecular weight is 388 g/mol. The summed E-state index contributed by atoms with van der Waals surface area (Å²) in [5.74, 6) is 7.39. The number of ether oxygens (including phenoxy) is 2. The van der Waals surface area contributed by atoms with Gasteiger partial charge in [0.25, 0.3) is 0 Å². The van der Waals surface area contributed by atoms with Crippen molar-refractivity contribution in [3.8, 4) is 11.5 Å². The maximum Gasteiger partial charge on any atom is 0.123 e. The molecule has 0 spiro atoms. The molecule has 0 amide bonds. The summed E-state index contributed by atoms with van der Waals surface area (Å²) < 4.78 is 12.0. The van der Waals surface area contributed by atoms with Gasteiger partial charge in [-0.05, 0) is 49.4 Å². The van der Waals surface area contributed by atoms with Gasteiger partial charge in [0.05, 0.1) is 6.61 Å². The minimum atomic E-state index is 0.434. The molecule has 2 aromatic carbocycles. The van der Waals surface area contributed by atoms with E-state index in [0.29, 0.717) is 24.2 Å². The lowest BCUT2D eigenvalue weighted by Crippen LogP contribution is -2.34. The number of rotatable bonds is 7. The summed E-state index contributed by atoms with van der Waals surface area (Å²) in [7, 11) is 0. The number of hydrogen-bond acceptors (Lipinski definition) is 4. The first-order valence-corrected chi connectivity index (χ1v) is 9.60. The van der Waals surface area contributed by atoms with Gasteiger partial charge >= 0.3 is 0 Å². The second-order valence-corrected chi connectivity index (χ2v) is 7.32. The molecule has 6 heteroatoms. The van der Waals surface area contributed by atoms with Crippen LogP contribution in [0.5, 0.6) is 11.5 Å². The maximum absolute atomic E-state index is 6.20. The summed E-state index contributed by atoms with van der Waals surface area (Å²) in [4.78, 5) is 2.14. The van der Waals surface area contributed by atoms with E-state index < -0.39 is 0 Å². The number of nitrogens with two attached hydrogens (primary N) is 1. The van der Waals surface area contributed by atoms with Crippen LogP contribution in [0.25, 0.3) is 0 Å². The number of benzene rings is 2. The molecule has 3 rings (SSSR count). The number of aryl methyl sites for hydroxylation is 1. The van der Waals surface area contributed by atoms with Gasteiger partial charge in [0.2, 0.25) is 0 Å². The molecule has 1 saturated heterocycles. The molecular formula is C21H26ClN3O2. The average Bonchev–Trinajstić information content (AvgIpc) is 2.67. The van der Waals surface area contributed by atoms with Crippen LogP contribution >= 0.6 is 11.6 Å². The Morgan fingerprint density at radius 1 is 1.15 bits per heavy atom. The zero-order valence-electron chi connectivity index (χ0n) is 15.6. The van der Waals surface area contributed by atoms with Crippen molar-refractivity contribution in [1.82, 2.24) is 4.90 Å². The largest absolute Gasteiger partial charge is 0.493 e. The highest BCUT2D eigenvalue weighted by Gasteiger charge is 2.18. The van der Waals surface area contributed by atoms with E-state index in [2.05, 4.69) is 10.0 Å². The third kappa shape index (κ3) is 5.79. The molecule has 0 unspecified atom stereocenters. The molecule has 0 aromatic heterocycles. The molecule has 1 fully saturated rings. The topological polar surface area (TPSA) is 60.1 Å². The zero-order valence-corrected chi connectivity index (χ0v) is 16.4. The van der Waals surface area contributed by atoms with E-state index in [1.165, 1.54) is 0 Å². The van der Waals surface area contributed by atoms with Crippen LogP contribution in [0.2, 0.25) is 5.02 Å². The molecule has 1 aliphatic rings. The van der Waals surface area contributed by atoms with E-state index >= 15 is 0 Å². The van der Waals surface area contributed by atoms with Gasteiger partial charge in [-0.3, -0.25) is 0 Å². The van der Waals surface area contributed by atoms with E-state index in [4.69, 9.17) is 26.9 Å². The summed E-state index contributed by atoms with van der Waals surface area (Å²) in [5.41, 5.74) is 2.08. The van der Waals surface area contributed by atoms with Gasteiger partial charge in [-0.25, -0.2) is 0 Å². The SMILES string of the molecule is Cc1cc(OCc2ccccc2Cl)cc(OCC2CCN(C=NN)CC2)c1. The van der Waals surface area contributed by atoms with Crippen LogP contribution in [0.3, 0.4) is 0 Å². The Morgan fingerprint density at radius 3 is 2.56 bits per heavy atom. The smallest absolute Gasteiger partial charge is 0.123 e. The Balaban J connectivity index is 1.53. The van der Waals surface area contributed by atoms with Crippen molar-refractivity contribution in [2.75, 3.05) is 19.7 Å². The standard InChI is InChI=1S/C21H26ClN3O2/c1-16-10-19(26-13-17-6-8-25(9-7-17)15-24-23)12-20(11-16)27-14-18-4-2-3-5-21(18)22/h2-5,10-12,15,17H,6-9,13-14,23H2,1H3. The van der Waals surface area contributed by atoms with Gasteiger partial charge in [0, 0.05) is 29.7 Å². The lowest BCUT2D eigenvalue weighted by molar-refractivity contribution is 0.182. The number of nitrogens with zero attached hydrogens (tertiary/aromatic N) is 2. The van der Waals surface area contributed by atoms with Crippen molar-refractivity contribution in [3.05, 3.63) is 58.6 Å². The van der Waals surface area contributed by atoms with Crippen LogP contribution in [0, 0.1) is 12.8 Å². The number of hydrazone groups is 1. The van der Waals surface area contributed by atoms with Crippen LogP contribution in [-0.4, -0.2) is 30.9 Å². The molecule has 0 saturated carbocycles. The number of likely N-dealkylation sites (tertiary alicyclic amines) is 1. The van der Waals surface area contributed by atoms with Crippen molar-refractivity contribution < 1.29 is 9.47 Å². The van der Waals surface area contributed by atoms with Gasteiger partial charge in [0.15, 0.2) is 0 Å². The summed E-state index contributed by atoms with van der Waals surface area (Å²) >= 11 is 6.20. The fourth-order valence-corrected chi connectivity index (χ4v) is 3.39. The monoisotopic (exact) mass is 387 g/mol. The highest BCUT2D eigenvalue weighted by atomic mass is 35.5. The first kappa shape index (κ1) is 19.4. The predicted octanol–water partition coefficient (Wildman–Crippen LogP) is 4.22. The lowest BCUT2D eigenvalue weighted by atomic mass is 9.98. The van der Waals surface area contributed by atoms with Gasteiger partial charge in [-0.2, -0.15) is 5.10 Å². The quantitative estimate of drug-likeness (QED) is 0.334. The maximum atomic E-state index is 6.20. The first-order chi connectivity index (χ1) is 13.1. The van der Waals surface area contributed by atoms with Crippen molar-refractivity contribution >= 4 is 17.9 Å². The Hall–Kier alpha value is -2.40. The molecule has 5 nitrogen and oxygen atoms in total. The van der Waals surface area contributed by atoms with Gasteiger partial charge < -0.3 is 20.2 Å². The Kier molecular flexibility index (Phi) is 6.82. The van der Waals surface area contributed by atoms with Crippen LogP contribution in [0.4, 0.5) is 0 Å². The summed E-state index contributed by atoms with van der Waals surface area (Å²) in [6.45, 7) is 5.12. The molecule has 1 heterocycles. The normalized spacial score (nSPS) is 15.3. The van der Waals surface area contributed by atoms with Crippen molar-refractivity contribution in [3.63, 3.8) is 0 Å². The van der Waals surface area contributed by atoms with Gasteiger partial charge in [-0.1, -0.05) is 29.8 Å². The number of halogens is 1. The number of hydrogen-bond donors (Lipinski definition) is 1. The molecule has 0 bridgehead atoms. The fourth-order valence-electron chi connectivity index (χ4n) is 3.20. The minimum Gasteiger partial charge on any atom is -0.493 e. The van der Waals surface area contributed by atoms with E-state index in [-0.39, 0.29) is 0 Å². The van der Waals surface area contributed by atoms with Gasteiger partial charge in [-0.15, -0.1) is 0 Å². The Labute approximate surface area is 165 Å². The van der Waals surface area contributed by atoms with Crippen molar-refractivity contribution in [2.24, 2.45) is 16.9 Å². The fraction of sp³-hybridized carbons (Fsp3) is 0.381.